The molecule has 0 radical (unpaired) electrons. The van der Waals surface area contributed by atoms with Crippen LogP contribution in [0, 0.1) is 5.82 Å². The lowest BCUT2D eigenvalue weighted by Crippen LogP contribution is -2.09. The molecule has 0 saturated carbocycles. The minimum atomic E-state index is -0.314. The summed E-state index contributed by atoms with van der Waals surface area (Å²) in [6, 6.07) is 12.1. The maximum absolute atomic E-state index is 13.2. The van der Waals surface area contributed by atoms with Crippen LogP contribution in [0.3, 0.4) is 0 Å². The number of hydrogen-bond donors (Lipinski definition) is 1. The van der Waals surface area contributed by atoms with E-state index in [-0.39, 0.29) is 11.9 Å². The zero-order valence-corrected chi connectivity index (χ0v) is 12.2. The van der Waals surface area contributed by atoms with Crippen LogP contribution in [0.4, 0.5) is 4.39 Å². The zero-order chi connectivity index (χ0) is 13.8. The van der Waals surface area contributed by atoms with E-state index in [1.165, 1.54) is 6.07 Å². The summed E-state index contributed by atoms with van der Waals surface area (Å²) in [4.78, 5) is 0. The Labute approximate surface area is 120 Å². The van der Waals surface area contributed by atoms with Gasteiger partial charge in [0.2, 0.25) is 0 Å². The van der Waals surface area contributed by atoms with Crippen molar-refractivity contribution in [3.05, 3.63) is 58.3 Å². The van der Waals surface area contributed by atoms with Gasteiger partial charge in [-0.3, -0.25) is 0 Å². The monoisotopic (exact) mass is 323 g/mol. The third-order valence-electron chi connectivity index (χ3n) is 2.88. The Balaban J connectivity index is 2.30. The van der Waals surface area contributed by atoms with Crippen molar-refractivity contribution in [1.29, 1.82) is 0 Å². The van der Waals surface area contributed by atoms with Crippen molar-refractivity contribution in [3.63, 3.8) is 0 Å². The number of ether oxygens (including phenoxy) is 1. The minimum Gasteiger partial charge on any atom is -0.457 e. The van der Waals surface area contributed by atoms with Crippen molar-refractivity contribution in [2.24, 2.45) is 5.73 Å². The summed E-state index contributed by atoms with van der Waals surface area (Å²) in [5.41, 5.74) is 7.00. The molecule has 0 amide bonds. The molecule has 100 valence electrons. The lowest BCUT2D eigenvalue weighted by Gasteiger charge is -2.15. The Hall–Kier alpha value is -1.39. The zero-order valence-electron chi connectivity index (χ0n) is 10.6. The summed E-state index contributed by atoms with van der Waals surface area (Å²) >= 11 is 3.14. The molecular formula is C15H15BrFNO. The van der Waals surface area contributed by atoms with Crippen molar-refractivity contribution >= 4 is 15.9 Å². The maximum atomic E-state index is 13.2. The molecular weight excluding hydrogens is 309 g/mol. The highest BCUT2D eigenvalue weighted by atomic mass is 79.9. The molecule has 4 heteroatoms. The summed E-state index contributed by atoms with van der Waals surface area (Å²) in [7, 11) is 0. The van der Waals surface area contributed by atoms with E-state index in [2.05, 4.69) is 15.9 Å². The number of benzene rings is 2. The van der Waals surface area contributed by atoms with Crippen molar-refractivity contribution < 1.29 is 9.13 Å². The Morgan fingerprint density at radius 1 is 1.26 bits per heavy atom. The molecule has 2 aromatic carbocycles. The number of rotatable bonds is 4. The Morgan fingerprint density at radius 2 is 2.00 bits per heavy atom. The van der Waals surface area contributed by atoms with Gasteiger partial charge in [0, 0.05) is 11.6 Å². The number of nitrogens with two attached hydrogens (primary N) is 1. The SMILES string of the molecule is CCC(N)c1ccccc1Oc1ccc(F)c(Br)c1. The van der Waals surface area contributed by atoms with Gasteiger partial charge in [-0.05, 0) is 46.6 Å². The largest absolute Gasteiger partial charge is 0.457 e. The minimum absolute atomic E-state index is 0.0694. The van der Waals surface area contributed by atoms with Gasteiger partial charge in [0.25, 0.3) is 0 Å². The highest BCUT2D eigenvalue weighted by Crippen LogP contribution is 2.31. The van der Waals surface area contributed by atoms with Gasteiger partial charge >= 0.3 is 0 Å². The average Bonchev–Trinajstić information content (AvgIpc) is 2.43. The Bertz CT molecular complexity index is 574. The molecule has 1 atom stereocenters. The second-order valence-electron chi connectivity index (χ2n) is 4.23. The molecule has 0 aliphatic heterocycles. The van der Waals surface area contributed by atoms with Crippen molar-refractivity contribution in [2.45, 2.75) is 19.4 Å². The van der Waals surface area contributed by atoms with Crippen LogP contribution in [0.25, 0.3) is 0 Å². The standard InChI is InChI=1S/C15H15BrFNO/c1-2-14(18)11-5-3-4-6-15(11)19-10-7-8-13(17)12(16)9-10/h3-9,14H,2,18H2,1H3. The van der Waals surface area contributed by atoms with Crippen LogP contribution < -0.4 is 10.5 Å². The van der Waals surface area contributed by atoms with E-state index >= 15 is 0 Å². The van der Waals surface area contributed by atoms with E-state index in [0.717, 1.165) is 12.0 Å². The molecule has 19 heavy (non-hydrogen) atoms. The first kappa shape index (κ1) is 14.0. The molecule has 0 aromatic heterocycles. The average molecular weight is 324 g/mol. The van der Waals surface area contributed by atoms with Crippen LogP contribution in [0.2, 0.25) is 0 Å². The Kier molecular flexibility index (Phi) is 4.56. The van der Waals surface area contributed by atoms with Gasteiger partial charge in [-0.1, -0.05) is 25.1 Å². The summed E-state index contributed by atoms with van der Waals surface area (Å²) in [5.74, 6) is 0.963. The lowest BCUT2D eigenvalue weighted by molar-refractivity contribution is 0.466. The quantitative estimate of drug-likeness (QED) is 0.877. The number of hydrogen-bond acceptors (Lipinski definition) is 2. The summed E-state index contributed by atoms with van der Waals surface area (Å²) in [6.07, 6.45) is 0.827. The van der Waals surface area contributed by atoms with Crippen LogP contribution in [0.1, 0.15) is 24.9 Å². The Morgan fingerprint density at radius 3 is 2.68 bits per heavy atom. The second-order valence-corrected chi connectivity index (χ2v) is 5.08. The fourth-order valence-corrected chi connectivity index (χ4v) is 2.12. The number of para-hydroxylation sites is 1. The van der Waals surface area contributed by atoms with Gasteiger partial charge in [-0.2, -0.15) is 0 Å². The van der Waals surface area contributed by atoms with E-state index in [4.69, 9.17) is 10.5 Å². The van der Waals surface area contributed by atoms with Crippen LogP contribution in [0.15, 0.2) is 46.9 Å². The molecule has 2 nitrogen and oxygen atoms in total. The maximum Gasteiger partial charge on any atom is 0.137 e. The predicted octanol–water partition coefficient (Wildman–Crippen LogP) is 4.79. The molecule has 2 N–H and O–H groups in total. The van der Waals surface area contributed by atoms with Crippen LogP contribution in [-0.4, -0.2) is 0 Å². The van der Waals surface area contributed by atoms with Crippen molar-refractivity contribution in [3.8, 4) is 11.5 Å². The topological polar surface area (TPSA) is 35.2 Å². The third-order valence-corrected chi connectivity index (χ3v) is 3.48. The van der Waals surface area contributed by atoms with Crippen molar-refractivity contribution in [2.75, 3.05) is 0 Å². The highest BCUT2D eigenvalue weighted by Gasteiger charge is 2.11. The summed E-state index contributed by atoms with van der Waals surface area (Å²) < 4.78 is 19.3. The van der Waals surface area contributed by atoms with Crippen molar-refractivity contribution in [1.82, 2.24) is 0 Å². The molecule has 0 bridgehead atoms. The van der Waals surface area contributed by atoms with Gasteiger partial charge in [0.1, 0.15) is 17.3 Å². The molecule has 2 rings (SSSR count). The molecule has 0 fully saturated rings. The summed E-state index contributed by atoms with van der Waals surface area (Å²) in [6.45, 7) is 2.02. The molecule has 0 aliphatic carbocycles. The second kappa shape index (κ2) is 6.17. The lowest BCUT2D eigenvalue weighted by atomic mass is 10.0. The fourth-order valence-electron chi connectivity index (χ4n) is 1.77. The predicted molar refractivity (Wildman–Crippen MR) is 77.8 cm³/mol. The number of halogens is 2. The van der Waals surface area contributed by atoms with Gasteiger partial charge in [-0.15, -0.1) is 0 Å². The van der Waals surface area contributed by atoms with Crippen LogP contribution in [0.5, 0.6) is 11.5 Å². The first-order chi connectivity index (χ1) is 9.11. The third kappa shape index (κ3) is 3.33. The normalized spacial score (nSPS) is 12.2. The molecule has 0 saturated heterocycles. The van der Waals surface area contributed by atoms with Gasteiger partial charge < -0.3 is 10.5 Å². The molecule has 0 aliphatic rings. The van der Waals surface area contributed by atoms with E-state index < -0.39 is 0 Å². The molecule has 0 heterocycles. The van der Waals surface area contributed by atoms with Gasteiger partial charge in [0.15, 0.2) is 0 Å². The fraction of sp³-hybridized carbons (Fsp3) is 0.200. The molecule has 0 spiro atoms. The van der Waals surface area contributed by atoms with E-state index in [1.807, 2.05) is 31.2 Å². The molecule has 2 aromatic rings. The van der Waals surface area contributed by atoms with E-state index in [1.54, 1.807) is 12.1 Å². The molecule has 1 unspecified atom stereocenters. The first-order valence-electron chi connectivity index (χ1n) is 6.09. The van der Waals surface area contributed by atoms with Gasteiger partial charge in [-0.25, -0.2) is 4.39 Å². The van der Waals surface area contributed by atoms with Crippen LogP contribution in [-0.2, 0) is 0 Å². The van der Waals surface area contributed by atoms with Crippen LogP contribution >= 0.6 is 15.9 Å². The van der Waals surface area contributed by atoms with Gasteiger partial charge in [0.05, 0.1) is 4.47 Å². The highest BCUT2D eigenvalue weighted by molar-refractivity contribution is 9.10. The smallest absolute Gasteiger partial charge is 0.137 e. The van der Waals surface area contributed by atoms with E-state index in [9.17, 15) is 4.39 Å². The summed E-state index contributed by atoms with van der Waals surface area (Å²) in [5, 5.41) is 0. The first-order valence-corrected chi connectivity index (χ1v) is 6.88. The van der Waals surface area contributed by atoms with E-state index in [0.29, 0.717) is 16.0 Å².